The molecule has 0 spiro atoms. The minimum atomic E-state index is -1.49. The third-order valence-electron chi connectivity index (χ3n) is 12.0. The predicted octanol–water partition coefficient (Wildman–Crippen LogP) is 7.69. The van der Waals surface area contributed by atoms with Gasteiger partial charge in [0.15, 0.2) is 0 Å². The van der Waals surface area contributed by atoms with Gasteiger partial charge in [0.05, 0.1) is 34.5 Å². The summed E-state index contributed by atoms with van der Waals surface area (Å²) in [6.45, 7) is 5.78. The Morgan fingerprint density at radius 3 is 2.25 bits per heavy atom. The molecule has 262 valence electrons. The summed E-state index contributed by atoms with van der Waals surface area (Å²) in [5, 5.41) is 14.7. The molecule has 0 bridgehead atoms. The van der Waals surface area contributed by atoms with Gasteiger partial charge in [0.1, 0.15) is 5.75 Å². The van der Waals surface area contributed by atoms with Crippen LogP contribution in [0.15, 0.2) is 133 Å². The van der Waals surface area contributed by atoms with E-state index in [-0.39, 0.29) is 30.4 Å². The number of phenols is 1. The molecule has 1 saturated carbocycles. The van der Waals surface area contributed by atoms with Gasteiger partial charge in [0, 0.05) is 11.5 Å². The highest BCUT2D eigenvalue weighted by Gasteiger charge is 2.70. The molecule has 9 rings (SSSR count). The van der Waals surface area contributed by atoms with Crippen molar-refractivity contribution in [1.29, 1.82) is 0 Å². The number of phenolic OH excluding ortho intramolecular Hbond substituents is 1. The van der Waals surface area contributed by atoms with Gasteiger partial charge in [-0.05, 0) is 77.9 Å². The minimum absolute atomic E-state index is 0.00520. The van der Waals surface area contributed by atoms with Crippen LogP contribution >= 0.6 is 0 Å². The fraction of sp³-hybridized carbons (Fsp3) is 0.200. The van der Waals surface area contributed by atoms with Crippen molar-refractivity contribution in [3.63, 3.8) is 0 Å². The first-order valence-electron chi connectivity index (χ1n) is 18.0. The number of hydrogen-bond acceptors (Lipinski definition) is 6. The van der Waals surface area contributed by atoms with Gasteiger partial charge in [-0.2, -0.15) is 5.01 Å². The van der Waals surface area contributed by atoms with Crippen molar-refractivity contribution in [3.05, 3.63) is 156 Å². The average molecular weight is 700 g/mol. The van der Waals surface area contributed by atoms with Crippen molar-refractivity contribution in [2.45, 2.75) is 31.1 Å². The molecular weight excluding hydrogens is 663 g/mol. The molecule has 0 radical (unpaired) electrons. The van der Waals surface area contributed by atoms with Crippen molar-refractivity contribution in [1.82, 2.24) is 5.01 Å². The van der Waals surface area contributed by atoms with Gasteiger partial charge in [-0.1, -0.05) is 115 Å². The Bertz CT molecular complexity index is 2390. The number of nitrogens with one attached hydrogen (secondary N) is 1. The number of imide groups is 2. The number of fused-ring (bicyclic) bond motifs is 5. The van der Waals surface area contributed by atoms with Crippen LogP contribution in [0.25, 0.3) is 16.8 Å². The number of anilines is 2. The summed E-state index contributed by atoms with van der Waals surface area (Å²) >= 11 is 0. The van der Waals surface area contributed by atoms with Crippen molar-refractivity contribution >= 4 is 51.9 Å². The summed E-state index contributed by atoms with van der Waals surface area (Å²) in [4.78, 5) is 60.5. The molecule has 4 aliphatic rings. The number of carbonyl (C=O) groups excluding carboxylic acids is 4. The van der Waals surface area contributed by atoms with E-state index in [1.54, 1.807) is 24.3 Å². The van der Waals surface area contributed by atoms with Crippen LogP contribution in [-0.2, 0) is 24.6 Å². The van der Waals surface area contributed by atoms with E-state index >= 15 is 4.79 Å². The lowest BCUT2D eigenvalue weighted by Crippen LogP contribution is -2.53. The number of amides is 4. The molecule has 4 amide bonds. The Morgan fingerprint density at radius 1 is 0.792 bits per heavy atom. The molecule has 5 aromatic rings. The van der Waals surface area contributed by atoms with Crippen molar-refractivity contribution in [2.75, 3.05) is 10.3 Å². The van der Waals surface area contributed by atoms with Crippen molar-refractivity contribution in [3.8, 4) is 5.75 Å². The number of nitrogens with zero attached hydrogens (tertiary/aromatic N) is 2. The van der Waals surface area contributed by atoms with Crippen LogP contribution in [0, 0.1) is 30.6 Å². The highest BCUT2D eigenvalue weighted by atomic mass is 16.3. The third-order valence-corrected chi connectivity index (χ3v) is 12.0. The molecule has 5 aromatic carbocycles. The first-order chi connectivity index (χ1) is 25.7. The van der Waals surface area contributed by atoms with Crippen LogP contribution in [0.4, 0.5) is 11.4 Å². The van der Waals surface area contributed by atoms with Crippen LogP contribution in [0.1, 0.15) is 41.0 Å². The molecule has 3 fully saturated rings. The van der Waals surface area contributed by atoms with E-state index in [1.165, 1.54) is 4.90 Å². The van der Waals surface area contributed by atoms with E-state index in [9.17, 15) is 19.5 Å². The molecule has 6 atom stereocenters. The van der Waals surface area contributed by atoms with E-state index in [1.807, 2.05) is 110 Å². The van der Waals surface area contributed by atoms with Gasteiger partial charge >= 0.3 is 0 Å². The predicted molar refractivity (Wildman–Crippen MR) is 203 cm³/mol. The second-order valence-corrected chi connectivity index (χ2v) is 14.6. The third kappa shape index (κ3) is 4.68. The van der Waals surface area contributed by atoms with Crippen LogP contribution < -0.4 is 10.3 Å². The largest absolute Gasteiger partial charge is 0.508 e. The maximum Gasteiger partial charge on any atom is 0.260 e. The van der Waals surface area contributed by atoms with Gasteiger partial charge in [-0.25, -0.2) is 0 Å². The number of aromatic hydroxyl groups is 1. The Balaban J connectivity index is 1.27. The molecule has 8 nitrogen and oxygen atoms in total. The van der Waals surface area contributed by atoms with Crippen LogP contribution in [-0.4, -0.2) is 33.7 Å². The number of aryl methyl sites for hydroxylation is 1. The van der Waals surface area contributed by atoms with Gasteiger partial charge in [-0.3, -0.25) is 29.5 Å². The summed E-state index contributed by atoms with van der Waals surface area (Å²) in [5.41, 5.74) is 6.58. The van der Waals surface area contributed by atoms with Gasteiger partial charge in [0.25, 0.3) is 11.8 Å². The lowest BCUT2D eigenvalue weighted by Gasteiger charge is -2.51. The maximum atomic E-state index is 15.5. The lowest BCUT2D eigenvalue weighted by molar-refractivity contribution is -0.138. The molecule has 2 aliphatic carbocycles. The normalized spacial score (nSPS) is 26.3. The zero-order chi connectivity index (χ0) is 36.6. The summed E-state index contributed by atoms with van der Waals surface area (Å²) in [6.07, 6.45) is 4.17. The van der Waals surface area contributed by atoms with Crippen LogP contribution in [0.5, 0.6) is 5.75 Å². The Labute approximate surface area is 307 Å². The fourth-order valence-electron chi connectivity index (χ4n) is 9.66. The highest BCUT2D eigenvalue weighted by Crippen LogP contribution is 2.65. The molecule has 8 heteroatoms. The molecule has 2 saturated heterocycles. The van der Waals surface area contributed by atoms with Crippen LogP contribution in [0.3, 0.4) is 0 Å². The van der Waals surface area contributed by atoms with E-state index in [0.29, 0.717) is 22.5 Å². The second-order valence-electron chi connectivity index (χ2n) is 14.6. The molecule has 53 heavy (non-hydrogen) atoms. The first kappa shape index (κ1) is 32.6. The smallest absolute Gasteiger partial charge is 0.260 e. The van der Waals surface area contributed by atoms with Gasteiger partial charge in [0.2, 0.25) is 11.8 Å². The van der Waals surface area contributed by atoms with Crippen molar-refractivity contribution < 1.29 is 24.3 Å². The minimum Gasteiger partial charge on any atom is -0.508 e. The van der Waals surface area contributed by atoms with Gasteiger partial charge in [-0.15, -0.1) is 0 Å². The maximum absolute atomic E-state index is 15.5. The molecule has 2 aliphatic heterocycles. The highest BCUT2D eigenvalue weighted by molar-refractivity contribution is 6.22. The number of hydrogen-bond donors (Lipinski definition) is 2. The zero-order valence-electron chi connectivity index (χ0n) is 29.1. The Hall–Kier alpha value is -6.28. The summed E-state index contributed by atoms with van der Waals surface area (Å²) in [7, 11) is 0. The number of carbonyl (C=O) groups is 4. The average Bonchev–Trinajstić information content (AvgIpc) is 3.57. The fourth-order valence-corrected chi connectivity index (χ4v) is 9.66. The summed E-state index contributed by atoms with van der Waals surface area (Å²) in [6, 6.07) is 35.2. The summed E-state index contributed by atoms with van der Waals surface area (Å²) in [5.74, 6) is -5.15. The van der Waals surface area contributed by atoms with E-state index in [0.717, 1.165) is 32.5 Å². The topological polar surface area (TPSA) is 107 Å². The number of allylic oxidation sites excluding steroid dienone is 2. The second kappa shape index (κ2) is 12.2. The van der Waals surface area contributed by atoms with E-state index < -0.39 is 46.8 Å². The first-order valence-corrected chi connectivity index (χ1v) is 18.0. The molecular formula is C45H37N3O5. The van der Waals surface area contributed by atoms with Crippen LogP contribution in [0.2, 0.25) is 0 Å². The molecule has 6 unspecified atom stereocenters. The number of rotatable bonds is 6. The zero-order valence-corrected chi connectivity index (χ0v) is 29.1. The standard InChI is InChI=1S/C45H37N3O5/c1-3-27-15-20-31(21-16-27)47-41(50)34-23-22-33-35(38(34)43(47)52)25-36-42(51)48(46-30-18-13-26(2)14-19-30)44(53)45(36,29-10-5-4-6-11-29)40(33)39-32-12-8-7-9-28(32)17-24-37(39)49/h3-22,24,34-36,38,40,46,49H,1,23,25H2,2H3. The number of hydrazine groups is 1. The monoisotopic (exact) mass is 699 g/mol. The molecule has 2 N–H and O–H groups in total. The Morgan fingerprint density at radius 2 is 1.51 bits per heavy atom. The lowest BCUT2D eigenvalue weighted by atomic mass is 9.48. The molecule has 2 heterocycles. The van der Waals surface area contributed by atoms with E-state index in [2.05, 4.69) is 12.0 Å². The molecule has 0 aromatic heterocycles. The van der Waals surface area contributed by atoms with Crippen molar-refractivity contribution in [2.24, 2.45) is 23.7 Å². The SMILES string of the molecule is C=Cc1ccc(N2C(=O)C3CC=C4C(CC5C(=O)N(Nc6ccc(C)cc6)C(=O)C5(c5ccccc5)C4c4c(O)ccc5ccccc45)C3C2=O)cc1. The van der Waals surface area contributed by atoms with Gasteiger partial charge < -0.3 is 5.11 Å². The Kier molecular flexibility index (Phi) is 7.48. The summed E-state index contributed by atoms with van der Waals surface area (Å²) < 4.78 is 0. The number of benzene rings is 5. The van der Waals surface area contributed by atoms with E-state index in [4.69, 9.17) is 0 Å². The quantitative estimate of drug-likeness (QED) is 0.139.